The number of hydrazine groups is 1. The first-order valence-electron chi connectivity index (χ1n) is 10.8. The van der Waals surface area contributed by atoms with Gasteiger partial charge in [0.25, 0.3) is 0 Å². The second kappa shape index (κ2) is 9.48. The number of hydrogen-bond acceptors (Lipinski definition) is 5. The summed E-state index contributed by atoms with van der Waals surface area (Å²) in [6.45, 7) is 4.70. The molecule has 0 radical (unpaired) electrons. The average molecular weight is 462 g/mol. The summed E-state index contributed by atoms with van der Waals surface area (Å²) < 4.78 is 52.2. The summed E-state index contributed by atoms with van der Waals surface area (Å²) in [7, 11) is 0. The minimum atomic E-state index is -4.70. The van der Waals surface area contributed by atoms with Gasteiger partial charge in [0.2, 0.25) is 0 Å². The van der Waals surface area contributed by atoms with E-state index in [2.05, 4.69) is 27.0 Å². The van der Waals surface area contributed by atoms with E-state index in [1.165, 1.54) is 11.1 Å². The second-order valence-corrected chi connectivity index (χ2v) is 8.44. The number of halogens is 4. The van der Waals surface area contributed by atoms with Gasteiger partial charge in [-0.2, -0.15) is 13.2 Å². The normalized spacial score (nSPS) is 22.3. The number of benzene rings is 1. The Hall–Kier alpha value is -2.98. The van der Waals surface area contributed by atoms with Crippen molar-refractivity contribution in [1.29, 1.82) is 0 Å². The van der Waals surface area contributed by atoms with E-state index >= 15 is 0 Å². The zero-order chi connectivity index (χ0) is 23.6. The summed E-state index contributed by atoms with van der Waals surface area (Å²) >= 11 is 0. The third kappa shape index (κ3) is 5.01. The highest BCUT2D eigenvalue weighted by molar-refractivity contribution is 5.87. The molecular weight excluding hydrogens is 436 g/mol. The Kier molecular flexibility index (Phi) is 6.66. The highest BCUT2D eigenvalue weighted by atomic mass is 19.4. The molecular formula is C23H26F4N6. The Morgan fingerprint density at radius 2 is 2.00 bits per heavy atom. The summed E-state index contributed by atoms with van der Waals surface area (Å²) in [5, 5.41) is 4.70. The quantitative estimate of drug-likeness (QED) is 0.322. The molecule has 1 fully saturated rings. The minimum absolute atomic E-state index is 0.209. The maximum absolute atomic E-state index is 13.5. The number of nitrogens with two attached hydrogens (primary N) is 1. The second-order valence-electron chi connectivity index (χ2n) is 8.44. The molecule has 2 heterocycles. The van der Waals surface area contributed by atoms with Crippen molar-refractivity contribution in [2.75, 3.05) is 6.54 Å². The molecule has 176 valence electrons. The van der Waals surface area contributed by atoms with Gasteiger partial charge >= 0.3 is 6.18 Å². The van der Waals surface area contributed by atoms with Crippen LogP contribution < -0.4 is 11.2 Å². The van der Waals surface area contributed by atoms with Crippen molar-refractivity contribution in [1.82, 2.24) is 15.3 Å². The minimum Gasteiger partial charge on any atom is -0.346 e. The number of alkyl halides is 3. The number of nitrogens with one attached hydrogen (secondary N) is 2. The van der Waals surface area contributed by atoms with Crippen LogP contribution >= 0.6 is 0 Å². The third-order valence-corrected chi connectivity index (χ3v) is 6.29. The Balaban J connectivity index is 1.34. The van der Waals surface area contributed by atoms with Crippen LogP contribution in [0.2, 0.25) is 0 Å². The zero-order valence-corrected chi connectivity index (χ0v) is 18.0. The molecule has 0 bridgehead atoms. The highest BCUT2D eigenvalue weighted by Crippen LogP contribution is 2.40. The van der Waals surface area contributed by atoms with Gasteiger partial charge in [0.05, 0.1) is 17.0 Å². The van der Waals surface area contributed by atoms with Gasteiger partial charge in [-0.15, -0.1) is 0 Å². The molecule has 0 saturated heterocycles. The summed E-state index contributed by atoms with van der Waals surface area (Å²) in [5.41, 5.74) is 1.72. The SMILES string of the molecule is C=N/C(=C1/c2cc[nH]c2N=CN1N)C1CCC(CNCc2ccc(F)c(C(F)(F)F)c2)CC1. The van der Waals surface area contributed by atoms with Crippen LogP contribution in [0.3, 0.4) is 0 Å². The molecule has 4 N–H and O–H groups in total. The topological polar surface area (TPSA) is 81.8 Å². The Morgan fingerprint density at radius 3 is 2.70 bits per heavy atom. The molecule has 0 unspecified atom stereocenters. The highest BCUT2D eigenvalue weighted by Gasteiger charge is 2.34. The lowest BCUT2D eigenvalue weighted by Crippen LogP contribution is -2.32. The van der Waals surface area contributed by atoms with E-state index in [1.54, 1.807) is 6.34 Å². The van der Waals surface area contributed by atoms with Crippen LogP contribution in [0, 0.1) is 17.7 Å². The first kappa shape index (κ1) is 23.2. The Bertz CT molecular complexity index is 1060. The smallest absolute Gasteiger partial charge is 0.346 e. The Labute approximate surface area is 189 Å². The van der Waals surface area contributed by atoms with E-state index in [0.29, 0.717) is 18.0 Å². The summed E-state index contributed by atoms with van der Waals surface area (Å²) in [6, 6.07) is 5.04. The average Bonchev–Trinajstić information content (AvgIpc) is 3.26. The van der Waals surface area contributed by atoms with E-state index in [0.717, 1.165) is 60.6 Å². The summed E-state index contributed by atoms with van der Waals surface area (Å²) in [6.07, 6.45) is 2.36. The van der Waals surface area contributed by atoms with Gasteiger partial charge in [-0.25, -0.2) is 15.2 Å². The van der Waals surface area contributed by atoms with Crippen LogP contribution in [0.4, 0.5) is 23.4 Å². The monoisotopic (exact) mass is 462 g/mol. The molecule has 2 aromatic rings. The molecule has 1 aliphatic carbocycles. The van der Waals surface area contributed by atoms with Gasteiger partial charge in [0.1, 0.15) is 18.0 Å². The van der Waals surface area contributed by atoms with Crippen molar-refractivity contribution >= 4 is 24.6 Å². The molecule has 2 aliphatic rings. The van der Waals surface area contributed by atoms with Gasteiger partial charge < -0.3 is 10.3 Å². The van der Waals surface area contributed by atoms with Gasteiger partial charge in [-0.1, -0.05) is 6.07 Å². The number of nitrogens with zero attached hydrogens (tertiary/aromatic N) is 3. The maximum Gasteiger partial charge on any atom is 0.419 e. The lowest BCUT2D eigenvalue weighted by molar-refractivity contribution is -0.140. The van der Waals surface area contributed by atoms with E-state index in [1.807, 2.05) is 12.3 Å². The van der Waals surface area contributed by atoms with E-state index in [4.69, 9.17) is 5.84 Å². The van der Waals surface area contributed by atoms with Crippen molar-refractivity contribution in [3.05, 3.63) is 58.7 Å². The molecule has 1 aliphatic heterocycles. The first-order chi connectivity index (χ1) is 15.8. The van der Waals surface area contributed by atoms with Crippen LogP contribution in [-0.4, -0.2) is 29.6 Å². The molecule has 0 spiro atoms. The molecule has 10 heteroatoms. The van der Waals surface area contributed by atoms with Gasteiger partial charge in [0, 0.05) is 24.2 Å². The molecule has 1 aromatic heterocycles. The molecule has 33 heavy (non-hydrogen) atoms. The van der Waals surface area contributed by atoms with Gasteiger partial charge in [-0.3, -0.25) is 10.0 Å². The molecule has 1 aromatic carbocycles. The van der Waals surface area contributed by atoms with E-state index < -0.39 is 17.6 Å². The number of aliphatic imine (C=N–C) groups is 2. The first-order valence-corrected chi connectivity index (χ1v) is 10.8. The molecule has 0 amide bonds. The van der Waals surface area contributed by atoms with Crippen molar-refractivity contribution in [3.63, 3.8) is 0 Å². The predicted molar refractivity (Wildman–Crippen MR) is 120 cm³/mol. The zero-order valence-electron chi connectivity index (χ0n) is 18.0. The molecule has 1 saturated carbocycles. The van der Waals surface area contributed by atoms with Crippen LogP contribution in [0.5, 0.6) is 0 Å². The van der Waals surface area contributed by atoms with Crippen molar-refractivity contribution < 1.29 is 17.6 Å². The van der Waals surface area contributed by atoms with Crippen molar-refractivity contribution in [3.8, 4) is 0 Å². The summed E-state index contributed by atoms with van der Waals surface area (Å²) in [5.74, 6) is 6.24. The number of hydrogen-bond donors (Lipinski definition) is 3. The fraction of sp³-hybridized carbons (Fsp3) is 0.391. The van der Waals surface area contributed by atoms with E-state index in [9.17, 15) is 17.6 Å². The lowest BCUT2D eigenvalue weighted by Gasteiger charge is -2.32. The predicted octanol–water partition coefficient (Wildman–Crippen LogP) is 4.99. The number of rotatable bonds is 6. The number of allylic oxidation sites excluding steroid dienone is 1. The van der Waals surface area contributed by atoms with Crippen LogP contribution in [-0.2, 0) is 12.7 Å². The largest absolute Gasteiger partial charge is 0.419 e. The van der Waals surface area contributed by atoms with Crippen molar-refractivity contribution in [2.45, 2.75) is 38.4 Å². The van der Waals surface area contributed by atoms with E-state index in [-0.39, 0.29) is 12.5 Å². The maximum atomic E-state index is 13.5. The standard InChI is InChI=1S/C23H26F4N6/c1-29-20(21-17-8-9-31-22(17)32-13-33(21)28)16-5-2-14(3-6-16)11-30-12-15-4-7-19(24)18(10-15)23(25,26)27/h4,7-10,13-14,16,30-31H,1-3,5-6,11-12,28H2/b21-20-. The van der Waals surface area contributed by atoms with Crippen molar-refractivity contribution in [2.24, 2.45) is 27.7 Å². The number of aromatic amines is 1. The van der Waals surface area contributed by atoms with Gasteiger partial charge in [0.15, 0.2) is 0 Å². The fourth-order valence-electron chi connectivity index (χ4n) is 4.60. The molecule has 6 nitrogen and oxygen atoms in total. The van der Waals surface area contributed by atoms with Crippen LogP contribution in [0.15, 0.2) is 46.1 Å². The number of fused-ring (bicyclic) bond motifs is 1. The van der Waals surface area contributed by atoms with Crippen LogP contribution in [0.1, 0.15) is 42.4 Å². The summed E-state index contributed by atoms with van der Waals surface area (Å²) in [4.78, 5) is 11.7. The van der Waals surface area contributed by atoms with Crippen LogP contribution in [0.25, 0.3) is 5.70 Å². The third-order valence-electron chi connectivity index (χ3n) is 6.29. The molecule has 0 atom stereocenters. The number of H-pyrrole nitrogens is 1. The van der Waals surface area contributed by atoms with Gasteiger partial charge in [-0.05, 0) is 68.6 Å². The molecule has 4 rings (SSSR count). The lowest BCUT2D eigenvalue weighted by atomic mass is 9.79. The Morgan fingerprint density at radius 1 is 1.24 bits per heavy atom. The number of aromatic nitrogens is 1. The fourth-order valence-corrected chi connectivity index (χ4v) is 4.60.